The van der Waals surface area contributed by atoms with Gasteiger partial charge in [0.05, 0.1) is 10.5 Å². The number of nitro benzene ring substituents is 1. The Hall–Kier alpha value is -2.56. The lowest BCUT2D eigenvalue weighted by molar-refractivity contribution is -0.386. The van der Waals surface area contributed by atoms with Crippen molar-refractivity contribution in [2.75, 3.05) is 0 Å². The molecule has 0 radical (unpaired) electrons. The van der Waals surface area contributed by atoms with Crippen molar-refractivity contribution in [1.82, 2.24) is 0 Å². The Bertz CT molecular complexity index is 510. The molecule has 0 fully saturated rings. The van der Waals surface area contributed by atoms with E-state index in [1.807, 2.05) is 0 Å². The van der Waals surface area contributed by atoms with Crippen LogP contribution in [-0.4, -0.2) is 17.8 Å². The fraction of sp³-hybridized carbons (Fsp3) is 0.111. The Kier molecular flexibility index (Phi) is 3.66. The van der Waals surface area contributed by atoms with Gasteiger partial charge in [-0.05, 0) is 12.1 Å². The number of alkyl halides is 2. The minimum Gasteiger partial charge on any atom is -0.426 e. The molecule has 17 heavy (non-hydrogen) atoms. The van der Waals surface area contributed by atoms with E-state index in [1.165, 1.54) is 6.07 Å². The summed E-state index contributed by atoms with van der Waals surface area (Å²) in [6.45, 7) is -3.33. The van der Waals surface area contributed by atoms with E-state index in [4.69, 9.17) is 5.26 Å². The molecule has 0 N–H and O–H groups in total. The highest BCUT2D eigenvalue weighted by Gasteiger charge is 2.26. The van der Waals surface area contributed by atoms with Gasteiger partial charge < -0.3 is 4.74 Å². The number of hydrogen-bond donors (Lipinski definition) is 0. The van der Waals surface area contributed by atoms with Crippen LogP contribution < -0.4 is 4.74 Å². The lowest BCUT2D eigenvalue weighted by Gasteiger charge is -2.07. The first-order chi connectivity index (χ1) is 8.01. The fourth-order valence-electron chi connectivity index (χ4n) is 1.17. The van der Waals surface area contributed by atoms with E-state index >= 15 is 0 Å². The molecule has 0 heterocycles. The predicted molar refractivity (Wildman–Crippen MR) is 49.8 cm³/mol. The number of carbonyl (C=O) groups is 1. The second kappa shape index (κ2) is 4.98. The third-order valence-corrected chi connectivity index (χ3v) is 1.80. The summed E-state index contributed by atoms with van der Waals surface area (Å²) in [6.07, 6.45) is 0.123. The third kappa shape index (κ3) is 2.52. The maximum atomic E-state index is 12.1. The van der Waals surface area contributed by atoms with Gasteiger partial charge in [-0.2, -0.15) is 14.0 Å². The second-order valence-electron chi connectivity index (χ2n) is 2.75. The van der Waals surface area contributed by atoms with E-state index in [-0.39, 0.29) is 6.29 Å². The highest BCUT2D eigenvalue weighted by Crippen LogP contribution is 2.34. The summed E-state index contributed by atoms with van der Waals surface area (Å²) in [5, 5.41) is 19.3. The van der Waals surface area contributed by atoms with Crippen LogP contribution in [0.25, 0.3) is 0 Å². The van der Waals surface area contributed by atoms with Gasteiger partial charge in [0.2, 0.25) is 5.75 Å². The number of benzene rings is 1. The van der Waals surface area contributed by atoms with E-state index in [2.05, 4.69) is 4.74 Å². The lowest BCUT2D eigenvalue weighted by Crippen LogP contribution is -2.08. The maximum Gasteiger partial charge on any atom is 0.387 e. The lowest BCUT2D eigenvalue weighted by atomic mass is 10.1. The van der Waals surface area contributed by atoms with Gasteiger partial charge in [0, 0.05) is 0 Å². The highest BCUT2D eigenvalue weighted by atomic mass is 19.3. The molecule has 1 aromatic rings. The van der Waals surface area contributed by atoms with Gasteiger partial charge >= 0.3 is 12.3 Å². The minimum absolute atomic E-state index is 0.123. The summed E-state index contributed by atoms with van der Waals surface area (Å²) in [4.78, 5) is 20.1. The Morgan fingerprint density at radius 3 is 2.59 bits per heavy atom. The topological polar surface area (TPSA) is 93.2 Å². The Labute approximate surface area is 93.2 Å². The molecule has 0 aliphatic carbocycles. The molecular formula is C9H4F2N2O4. The van der Waals surface area contributed by atoms with Crippen molar-refractivity contribution in [3.8, 4) is 11.8 Å². The first-order valence-corrected chi connectivity index (χ1v) is 4.12. The van der Waals surface area contributed by atoms with E-state index < -0.39 is 34.1 Å². The molecule has 0 aliphatic heterocycles. The van der Waals surface area contributed by atoms with Crippen LogP contribution in [0.1, 0.15) is 15.9 Å². The average molecular weight is 242 g/mol. The summed E-state index contributed by atoms with van der Waals surface area (Å²) in [5.41, 5.74) is -1.83. The minimum atomic E-state index is -3.33. The van der Waals surface area contributed by atoms with Crippen LogP contribution in [0.3, 0.4) is 0 Å². The largest absolute Gasteiger partial charge is 0.426 e. The molecule has 0 aliphatic rings. The smallest absolute Gasteiger partial charge is 0.387 e. The van der Waals surface area contributed by atoms with Crippen molar-refractivity contribution in [3.05, 3.63) is 33.4 Å². The molecule has 0 unspecified atom stereocenters. The number of nitriles is 1. The molecule has 6 nitrogen and oxygen atoms in total. The summed E-state index contributed by atoms with van der Waals surface area (Å²) >= 11 is 0. The molecule has 0 bridgehead atoms. The predicted octanol–water partition coefficient (Wildman–Crippen LogP) is 1.88. The maximum absolute atomic E-state index is 12.1. The van der Waals surface area contributed by atoms with Gasteiger partial charge in [-0.15, -0.1) is 0 Å². The van der Waals surface area contributed by atoms with Crippen molar-refractivity contribution in [3.63, 3.8) is 0 Å². The summed E-state index contributed by atoms with van der Waals surface area (Å²) < 4.78 is 28.1. The van der Waals surface area contributed by atoms with Crippen molar-refractivity contribution >= 4 is 12.0 Å². The molecule has 0 amide bonds. The number of nitro groups is 1. The van der Waals surface area contributed by atoms with Crippen LogP contribution in [0.15, 0.2) is 12.1 Å². The molecule has 8 heteroatoms. The fourth-order valence-corrected chi connectivity index (χ4v) is 1.17. The standard InChI is InChI=1S/C9H4F2N2O4/c10-9(11)17-8-5(3-12)1-2-6(4-14)7(8)13(15)16/h1-2,4,9H. The van der Waals surface area contributed by atoms with E-state index in [0.717, 1.165) is 12.1 Å². The van der Waals surface area contributed by atoms with Crippen LogP contribution in [0, 0.1) is 21.4 Å². The number of hydrogen-bond acceptors (Lipinski definition) is 5. The molecule has 88 valence electrons. The van der Waals surface area contributed by atoms with Gasteiger partial charge in [-0.1, -0.05) is 0 Å². The number of rotatable bonds is 4. The van der Waals surface area contributed by atoms with Crippen LogP contribution in [0.5, 0.6) is 5.75 Å². The van der Waals surface area contributed by atoms with Gasteiger partial charge in [-0.3, -0.25) is 14.9 Å². The molecule has 0 saturated heterocycles. The molecular weight excluding hydrogens is 238 g/mol. The number of nitrogens with zero attached hydrogens (tertiary/aromatic N) is 2. The Morgan fingerprint density at radius 2 is 2.18 bits per heavy atom. The third-order valence-electron chi connectivity index (χ3n) is 1.80. The Balaban J connectivity index is 3.53. The van der Waals surface area contributed by atoms with Gasteiger partial charge in [0.15, 0.2) is 6.29 Å². The molecule has 0 saturated carbocycles. The van der Waals surface area contributed by atoms with Gasteiger partial charge in [0.1, 0.15) is 11.6 Å². The van der Waals surface area contributed by atoms with Crippen molar-refractivity contribution in [2.45, 2.75) is 6.61 Å². The highest BCUT2D eigenvalue weighted by molar-refractivity contribution is 5.84. The average Bonchev–Trinajstić information content (AvgIpc) is 2.27. The molecule has 0 atom stereocenters. The number of halogens is 2. The molecule has 1 aromatic carbocycles. The monoisotopic (exact) mass is 242 g/mol. The summed E-state index contributed by atoms with van der Waals surface area (Å²) in [6, 6.07) is 3.45. The van der Waals surface area contributed by atoms with Crippen molar-refractivity contribution in [2.24, 2.45) is 0 Å². The molecule has 0 spiro atoms. The van der Waals surface area contributed by atoms with Gasteiger partial charge in [0.25, 0.3) is 0 Å². The van der Waals surface area contributed by atoms with Crippen LogP contribution in [-0.2, 0) is 0 Å². The first kappa shape index (κ1) is 12.5. The zero-order chi connectivity index (χ0) is 13.0. The zero-order valence-corrected chi connectivity index (χ0v) is 8.09. The quantitative estimate of drug-likeness (QED) is 0.456. The normalized spacial score (nSPS) is 9.76. The SMILES string of the molecule is N#Cc1ccc(C=O)c([N+](=O)[O-])c1OC(F)F. The van der Waals surface area contributed by atoms with E-state index in [0.29, 0.717) is 0 Å². The number of aldehydes is 1. The van der Waals surface area contributed by atoms with Crippen LogP contribution in [0.2, 0.25) is 0 Å². The summed E-state index contributed by atoms with van der Waals surface area (Å²) in [7, 11) is 0. The Morgan fingerprint density at radius 1 is 1.53 bits per heavy atom. The van der Waals surface area contributed by atoms with Crippen LogP contribution in [0.4, 0.5) is 14.5 Å². The van der Waals surface area contributed by atoms with Gasteiger partial charge in [-0.25, -0.2) is 0 Å². The van der Waals surface area contributed by atoms with Crippen molar-refractivity contribution in [1.29, 1.82) is 5.26 Å². The first-order valence-electron chi connectivity index (χ1n) is 4.12. The molecule has 0 aromatic heterocycles. The zero-order valence-electron chi connectivity index (χ0n) is 8.09. The number of carbonyl (C=O) groups excluding carboxylic acids is 1. The van der Waals surface area contributed by atoms with Crippen LogP contribution >= 0.6 is 0 Å². The second-order valence-corrected chi connectivity index (χ2v) is 2.75. The van der Waals surface area contributed by atoms with E-state index in [9.17, 15) is 23.7 Å². The number of ether oxygens (including phenoxy) is 1. The van der Waals surface area contributed by atoms with E-state index in [1.54, 1.807) is 0 Å². The van der Waals surface area contributed by atoms with Crippen molar-refractivity contribution < 1.29 is 23.2 Å². The molecule has 1 rings (SSSR count). The summed E-state index contributed by atoms with van der Waals surface area (Å²) in [5.74, 6) is -0.905.